The van der Waals surface area contributed by atoms with Crippen LogP contribution in [0.25, 0.3) is 16.9 Å². The van der Waals surface area contributed by atoms with Gasteiger partial charge in [0.25, 0.3) is 0 Å². The first kappa shape index (κ1) is 16.9. The van der Waals surface area contributed by atoms with Crippen LogP contribution in [-0.4, -0.2) is 24.4 Å². The van der Waals surface area contributed by atoms with Crippen molar-refractivity contribution in [3.05, 3.63) is 81.9 Å². The zero-order valence-corrected chi connectivity index (χ0v) is 14.7. The topological polar surface area (TPSA) is 98.8 Å². The highest BCUT2D eigenvalue weighted by Gasteiger charge is 2.25. The molecule has 0 fully saturated rings. The molecule has 0 radical (unpaired) electrons. The van der Waals surface area contributed by atoms with Crippen molar-refractivity contribution in [2.24, 2.45) is 0 Å². The van der Waals surface area contributed by atoms with E-state index in [1.54, 1.807) is 10.6 Å². The molecule has 0 amide bonds. The van der Waals surface area contributed by atoms with Crippen molar-refractivity contribution in [1.82, 2.24) is 19.5 Å². The van der Waals surface area contributed by atoms with Crippen LogP contribution in [0.2, 0.25) is 5.02 Å². The highest BCUT2D eigenvalue weighted by Crippen LogP contribution is 2.30. The minimum Gasteiger partial charge on any atom is -0.360 e. The van der Waals surface area contributed by atoms with Crippen LogP contribution in [0.15, 0.2) is 61.2 Å². The number of halogens is 1. The van der Waals surface area contributed by atoms with E-state index >= 15 is 0 Å². The molecule has 4 rings (SSSR count). The molecule has 0 aliphatic rings. The van der Waals surface area contributed by atoms with Crippen molar-refractivity contribution in [2.75, 3.05) is 5.32 Å². The van der Waals surface area contributed by atoms with E-state index in [-0.39, 0.29) is 17.3 Å². The quantitative estimate of drug-likeness (QED) is 0.415. The van der Waals surface area contributed by atoms with Gasteiger partial charge in [0.05, 0.1) is 16.0 Å². The number of nitrogens with one attached hydrogen (secondary N) is 1. The second-order valence-corrected chi connectivity index (χ2v) is 6.11. The van der Waals surface area contributed by atoms with Crippen molar-refractivity contribution in [1.29, 1.82) is 0 Å². The monoisotopic (exact) mass is 380 g/mol. The Balaban J connectivity index is 1.77. The summed E-state index contributed by atoms with van der Waals surface area (Å²) in [6.45, 7) is 0.293. The molecule has 9 heteroatoms. The zero-order chi connectivity index (χ0) is 18.8. The Labute approximate surface area is 158 Å². The number of hydrogen-bond donors (Lipinski definition) is 1. The second-order valence-electron chi connectivity index (χ2n) is 5.70. The van der Waals surface area contributed by atoms with E-state index in [4.69, 9.17) is 11.6 Å². The first-order valence-corrected chi connectivity index (χ1v) is 8.42. The van der Waals surface area contributed by atoms with Crippen molar-refractivity contribution < 1.29 is 4.92 Å². The van der Waals surface area contributed by atoms with E-state index in [1.165, 1.54) is 12.7 Å². The fourth-order valence-corrected chi connectivity index (χ4v) is 2.99. The van der Waals surface area contributed by atoms with Gasteiger partial charge in [0.1, 0.15) is 12.7 Å². The Hall–Kier alpha value is -3.52. The molecule has 0 atom stereocenters. The molecule has 134 valence electrons. The van der Waals surface area contributed by atoms with Crippen LogP contribution in [0.4, 0.5) is 11.5 Å². The number of benzene rings is 2. The van der Waals surface area contributed by atoms with Crippen LogP contribution in [0.1, 0.15) is 5.56 Å². The predicted octanol–water partition coefficient (Wildman–Crippen LogP) is 3.99. The molecule has 2 aromatic carbocycles. The maximum Gasteiger partial charge on any atom is 0.354 e. The highest BCUT2D eigenvalue weighted by molar-refractivity contribution is 6.31. The summed E-state index contributed by atoms with van der Waals surface area (Å²) in [6.07, 6.45) is 2.80. The lowest BCUT2D eigenvalue weighted by Crippen LogP contribution is -2.09. The van der Waals surface area contributed by atoms with Gasteiger partial charge >= 0.3 is 5.69 Å². The van der Waals surface area contributed by atoms with Crippen LogP contribution >= 0.6 is 11.6 Å². The van der Waals surface area contributed by atoms with Crippen LogP contribution in [0, 0.1) is 10.1 Å². The first-order chi connectivity index (χ1) is 13.1. The average molecular weight is 381 g/mol. The van der Waals surface area contributed by atoms with E-state index in [0.717, 1.165) is 16.6 Å². The molecule has 2 heterocycles. The van der Waals surface area contributed by atoms with E-state index in [9.17, 15) is 10.1 Å². The highest BCUT2D eigenvalue weighted by atomic mass is 35.5. The van der Waals surface area contributed by atoms with Gasteiger partial charge in [-0.15, -0.1) is 0 Å². The summed E-state index contributed by atoms with van der Waals surface area (Å²) in [5.74, 6) is 0.257. The number of imidazole rings is 1. The molecule has 0 unspecified atom stereocenters. The largest absolute Gasteiger partial charge is 0.360 e. The number of fused-ring (bicyclic) bond motifs is 1. The van der Waals surface area contributed by atoms with E-state index in [2.05, 4.69) is 20.3 Å². The molecule has 4 aromatic rings. The Bertz CT molecular complexity index is 1140. The van der Waals surface area contributed by atoms with E-state index in [0.29, 0.717) is 11.6 Å². The van der Waals surface area contributed by atoms with Crippen molar-refractivity contribution in [3.63, 3.8) is 0 Å². The maximum absolute atomic E-state index is 11.8. The van der Waals surface area contributed by atoms with Gasteiger partial charge in [-0.1, -0.05) is 41.9 Å². The third-order valence-electron chi connectivity index (χ3n) is 4.07. The van der Waals surface area contributed by atoms with Gasteiger partial charge in [0, 0.05) is 11.6 Å². The van der Waals surface area contributed by atoms with Gasteiger partial charge in [-0.25, -0.2) is 15.0 Å². The second kappa shape index (κ2) is 7.00. The van der Waals surface area contributed by atoms with Crippen molar-refractivity contribution in [2.45, 2.75) is 6.54 Å². The standard InChI is InChI=1S/C18H13ClN6O2/c19-13-6-2-1-5-12(13)9-20-17-16(25(26)27)18(22-10-21-17)24-11-23-14-7-3-4-8-15(14)24/h1-8,10-11H,9H2,(H,20,21,22). The van der Waals surface area contributed by atoms with Crippen LogP contribution in [0.3, 0.4) is 0 Å². The lowest BCUT2D eigenvalue weighted by atomic mass is 10.2. The first-order valence-electron chi connectivity index (χ1n) is 8.04. The Morgan fingerprint density at radius 2 is 1.85 bits per heavy atom. The number of nitrogens with zero attached hydrogens (tertiary/aromatic N) is 5. The summed E-state index contributed by atoms with van der Waals surface area (Å²) in [5.41, 5.74) is 2.02. The van der Waals surface area contributed by atoms with Gasteiger partial charge in [0.2, 0.25) is 11.6 Å². The molecule has 0 aliphatic heterocycles. The van der Waals surface area contributed by atoms with Crippen LogP contribution in [0.5, 0.6) is 0 Å². The average Bonchev–Trinajstić information content (AvgIpc) is 3.11. The van der Waals surface area contributed by atoms with Gasteiger partial charge in [-0.3, -0.25) is 14.7 Å². The number of para-hydroxylation sites is 2. The Morgan fingerprint density at radius 3 is 2.67 bits per heavy atom. The van der Waals surface area contributed by atoms with Crippen LogP contribution in [-0.2, 0) is 6.54 Å². The van der Waals surface area contributed by atoms with Crippen molar-refractivity contribution in [3.8, 4) is 5.82 Å². The van der Waals surface area contributed by atoms with Crippen LogP contribution < -0.4 is 5.32 Å². The summed E-state index contributed by atoms with van der Waals surface area (Å²) in [4.78, 5) is 23.7. The molecule has 0 saturated heterocycles. The minimum atomic E-state index is -0.501. The molecule has 8 nitrogen and oxygen atoms in total. The molecule has 0 spiro atoms. The van der Waals surface area contributed by atoms with Crippen molar-refractivity contribution >= 4 is 34.1 Å². The molecular weight excluding hydrogens is 368 g/mol. The number of hydrogen-bond acceptors (Lipinski definition) is 6. The fraction of sp³-hybridized carbons (Fsp3) is 0.0556. The maximum atomic E-state index is 11.8. The Kier molecular flexibility index (Phi) is 4.39. The van der Waals surface area contributed by atoms with Gasteiger partial charge in [-0.05, 0) is 23.8 Å². The van der Waals surface area contributed by atoms with Gasteiger partial charge in [-0.2, -0.15) is 0 Å². The molecule has 0 saturated carbocycles. The Morgan fingerprint density at radius 1 is 1.07 bits per heavy atom. The SMILES string of the molecule is O=[N+]([O-])c1c(NCc2ccccc2Cl)ncnc1-n1cnc2ccccc21. The van der Waals surface area contributed by atoms with Gasteiger partial charge in [0.15, 0.2) is 0 Å². The molecule has 0 bridgehead atoms. The number of aromatic nitrogens is 4. The molecule has 27 heavy (non-hydrogen) atoms. The minimum absolute atomic E-state index is 0.114. The summed E-state index contributed by atoms with van der Waals surface area (Å²) in [7, 11) is 0. The summed E-state index contributed by atoms with van der Waals surface area (Å²) < 4.78 is 1.58. The summed E-state index contributed by atoms with van der Waals surface area (Å²) >= 11 is 6.15. The van der Waals surface area contributed by atoms with E-state index < -0.39 is 4.92 Å². The summed E-state index contributed by atoms with van der Waals surface area (Å²) in [6, 6.07) is 14.6. The third kappa shape index (κ3) is 3.18. The van der Waals surface area contributed by atoms with Gasteiger partial charge < -0.3 is 5.32 Å². The number of nitro groups is 1. The number of rotatable bonds is 5. The molecule has 2 aromatic heterocycles. The molecular formula is C18H13ClN6O2. The lowest BCUT2D eigenvalue weighted by Gasteiger charge is -2.10. The normalized spacial score (nSPS) is 10.9. The van der Waals surface area contributed by atoms with E-state index in [1.807, 2.05) is 42.5 Å². The molecule has 1 N–H and O–H groups in total. The third-order valence-corrected chi connectivity index (χ3v) is 4.44. The predicted molar refractivity (Wildman–Crippen MR) is 102 cm³/mol. The lowest BCUT2D eigenvalue weighted by molar-refractivity contribution is -0.384. The zero-order valence-electron chi connectivity index (χ0n) is 13.9. The summed E-state index contributed by atoms with van der Waals surface area (Å²) in [5, 5.41) is 15.3. The fourth-order valence-electron chi connectivity index (χ4n) is 2.79. The smallest absolute Gasteiger partial charge is 0.354 e. The number of anilines is 1. The molecule has 0 aliphatic carbocycles.